The van der Waals surface area contributed by atoms with Crippen LogP contribution in [-0.4, -0.2) is 40.8 Å². The molecule has 1 saturated carbocycles. The highest BCUT2D eigenvalue weighted by Gasteiger charge is 2.20. The molecule has 2 rings (SSSR count). The van der Waals surface area contributed by atoms with Crippen molar-refractivity contribution >= 4 is 10.0 Å². The average Bonchev–Trinajstić information content (AvgIpc) is 3.14. The largest absolute Gasteiger partial charge is 0.490 e. The molecule has 7 heteroatoms. The van der Waals surface area contributed by atoms with Gasteiger partial charge >= 0.3 is 0 Å². The molecule has 0 saturated heterocycles. The standard InChI is InChI=1S/C20H33NO5S/c1-3-8-20(21-27(22,23)14-7-13-25-16-24-2)17-9-6-12-19(15-17)26-18-10-4-5-11-18/h6,9,12,15,18,20-21H,3-5,7-8,10-11,13-14,16H2,1-2H3/t20-/m1/s1. The van der Waals surface area contributed by atoms with Gasteiger partial charge in [-0.25, -0.2) is 13.1 Å². The molecule has 0 radical (unpaired) electrons. The third-order valence-corrected chi connectivity index (χ3v) is 6.14. The Hall–Kier alpha value is -1.15. The molecule has 0 amide bonds. The number of benzene rings is 1. The van der Waals surface area contributed by atoms with Crippen LogP contribution in [0.25, 0.3) is 0 Å². The summed E-state index contributed by atoms with van der Waals surface area (Å²) in [4.78, 5) is 0. The van der Waals surface area contributed by atoms with E-state index in [4.69, 9.17) is 14.2 Å². The molecular weight excluding hydrogens is 366 g/mol. The van der Waals surface area contributed by atoms with Gasteiger partial charge in [0.2, 0.25) is 10.0 Å². The highest BCUT2D eigenvalue weighted by atomic mass is 32.2. The Balaban J connectivity index is 1.96. The fraction of sp³-hybridized carbons (Fsp3) is 0.700. The smallest absolute Gasteiger partial charge is 0.212 e. The molecule has 0 heterocycles. The summed E-state index contributed by atoms with van der Waals surface area (Å²) in [5.74, 6) is 0.863. The second-order valence-corrected chi connectivity index (χ2v) is 8.92. The van der Waals surface area contributed by atoms with Crippen LogP contribution in [-0.2, 0) is 19.5 Å². The molecule has 6 nitrogen and oxygen atoms in total. The molecule has 0 spiro atoms. The maximum Gasteiger partial charge on any atom is 0.212 e. The first-order chi connectivity index (χ1) is 13.0. The van der Waals surface area contributed by atoms with Gasteiger partial charge in [-0.3, -0.25) is 0 Å². The third kappa shape index (κ3) is 8.17. The summed E-state index contributed by atoms with van der Waals surface area (Å²) < 4.78 is 43.8. The van der Waals surface area contributed by atoms with E-state index in [1.54, 1.807) is 0 Å². The molecule has 0 aromatic heterocycles. The SMILES string of the molecule is CCC[C@@H](NS(=O)(=O)CCCOCOC)c1cccc(OC2CCCC2)c1. The number of hydrogen-bond acceptors (Lipinski definition) is 5. The number of methoxy groups -OCH3 is 1. The van der Waals surface area contributed by atoms with Gasteiger partial charge in [0.1, 0.15) is 12.5 Å². The van der Waals surface area contributed by atoms with Crippen molar-refractivity contribution < 1.29 is 22.6 Å². The highest BCUT2D eigenvalue weighted by molar-refractivity contribution is 7.89. The summed E-state index contributed by atoms with van der Waals surface area (Å²) >= 11 is 0. The zero-order valence-electron chi connectivity index (χ0n) is 16.5. The molecule has 1 aromatic carbocycles. The van der Waals surface area contributed by atoms with Gasteiger partial charge in [-0.1, -0.05) is 25.5 Å². The van der Waals surface area contributed by atoms with Crippen molar-refractivity contribution in [3.63, 3.8) is 0 Å². The molecule has 1 N–H and O–H groups in total. The van der Waals surface area contributed by atoms with Crippen molar-refractivity contribution in [2.75, 3.05) is 26.3 Å². The quantitative estimate of drug-likeness (QED) is 0.404. The maximum absolute atomic E-state index is 12.5. The normalized spacial score (nSPS) is 16.5. The van der Waals surface area contributed by atoms with Gasteiger partial charge in [0.05, 0.1) is 18.5 Å². The van der Waals surface area contributed by atoms with Crippen molar-refractivity contribution in [3.05, 3.63) is 29.8 Å². The first kappa shape index (κ1) is 22.1. The monoisotopic (exact) mass is 399 g/mol. The summed E-state index contributed by atoms with van der Waals surface area (Å²) in [5, 5.41) is 0. The second kappa shape index (κ2) is 11.6. The average molecular weight is 400 g/mol. The third-order valence-electron chi connectivity index (χ3n) is 4.67. The van der Waals surface area contributed by atoms with Crippen LogP contribution in [0.3, 0.4) is 0 Å². The molecule has 1 aromatic rings. The van der Waals surface area contributed by atoms with E-state index in [1.807, 2.05) is 24.3 Å². The van der Waals surface area contributed by atoms with Gasteiger partial charge in [-0.15, -0.1) is 0 Å². The molecule has 1 fully saturated rings. The van der Waals surface area contributed by atoms with Crippen molar-refractivity contribution in [2.24, 2.45) is 0 Å². The minimum Gasteiger partial charge on any atom is -0.490 e. The van der Waals surface area contributed by atoms with Crippen LogP contribution in [0.4, 0.5) is 0 Å². The van der Waals surface area contributed by atoms with Gasteiger partial charge in [-0.2, -0.15) is 0 Å². The van der Waals surface area contributed by atoms with E-state index in [0.717, 1.165) is 37.0 Å². The van der Waals surface area contributed by atoms with E-state index in [1.165, 1.54) is 20.0 Å². The minimum absolute atomic E-state index is 0.0369. The molecular formula is C20H33NO5S. The summed E-state index contributed by atoms with van der Waals surface area (Å²) in [5.41, 5.74) is 0.951. The van der Waals surface area contributed by atoms with Crippen LogP contribution in [0.5, 0.6) is 5.75 Å². The van der Waals surface area contributed by atoms with E-state index < -0.39 is 10.0 Å². The highest BCUT2D eigenvalue weighted by Crippen LogP contribution is 2.27. The molecule has 0 unspecified atom stereocenters. The molecule has 154 valence electrons. The maximum atomic E-state index is 12.5. The van der Waals surface area contributed by atoms with Crippen molar-refractivity contribution in [1.29, 1.82) is 0 Å². The molecule has 0 bridgehead atoms. The van der Waals surface area contributed by atoms with Gasteiger partial charge in [0.15, 0.2) is 0 Å². The molecule has 1 aliphatic rings. The topological polar surface area (TPSA) is 73.9 Å². The Kier molecular flexibility index (Phi) is 9.54. The Morgan fingerprint density at radius 2 is 2.04 bits per heavy atom. The second-order valence-electron chi connectivity index (χ2n) is 7.04. The van der Waals surface area contributed by atoms with Crippen LogP contribution in [0.1, 0.15) is 63.5 Å². The van der Waals surface area contributed by atoms with Gasteiger partial charge in [-0.05, 0) is 56.2 Å². The van der Waals surface area contributed by atoms with Gasteiger partial charge in [0.25, 0.3) is 0 Å². The van der Waals surface area contributed by atoms with Crippen molar-refractivity contribution in [1.82, 2.24) is 4.72 Å². The van der Waals surface area contributed by atoms with E-state index >= 15 is 0 Å². The Bertz CT molecular complexity index is 644. The Morgan fingerprint density at radius 3 is 2.74 bits per heavy atom. The zero-order chi connectivity index (χ0) is 19.5. The van der Waals surface area contributed by atoms with Crippen LogP contribution < -0.4 is 9.46 Å². The molecule has 27 heavy (non-hydrogen) atoms. The van der Waals surface area contributed by atoms with E-state index in [0.29, 0.717) is 13.0 Å². The van der Waals surface area contributed by atoms with Crippen molar-refractivity contribution in [2.45, 2.75) is 64.0 Å². The summed E-state index contributed by atoms with van der Waals surface area (Å²) in [7, 11) is -1.85. The van der Waals surface area contributed by atoms with E-state index in [2.05, 4.69) is 11.6 Å². The minimum atomic E-state index is -3.39. The first-order valence-corrected chi connectivity index (χ1v) is 11.5. The van der Waals surface area contributed by atoms with Crippen molar-refractivity contribution in [3.8, 4) is 5.75 Å². The number of nitrogens with one attached hydrogen (secondary N) is 1. The number of sulfonamides is 1. The lowest BCUT2D eigenvalue weighted by molar-refractivity contribution is -0.0298. The summed E-state index contributed by atoms with van der Waals surface area (Å²) in [6.45, 7) is 2.59. The van der Waals surface area contributed by atoms with E-state index in [-0.39, 0.29) is 24.7 Å². The molecule has 1 atom stereocenters. The predicted molar refractivity (Wildman–Crippen MR) is 106 cm³/mol. The summed E-state index contributed by atoms with van der Waals surface area (Å²) in [6, 6.07) is 7.59. The van der Waals surface area contributed by atoms with Gasteiger partial charge in [0, 0.05) is 13.2 Å². The Morgan fingerprint density at radius 1 is 1.26 bits per heavy atom. The van der Waals surface area contributed by atoms with Crippen LogP contribution in [0.2, 0.25) is 0 Å². The summed E-state index contributed by atoms with van der Waals surface area (Å²) in [6.07, 6.45) is 6.98. The number of rotatable bonds is 13. The Labute approximate surface area is 163 Å². The van der Waals surface area contributed by atoms with E-state index in [9.17, 15) is 8.42 Å². The first-order valence-electron chi connectivity index (χ1n) is 9.87. The van der Waals surface area contributed by atoms with Gasteiger partial charge < -0.3 is 14.2 Å². The van der Waals surface area contributed by atoms with Crippen LogP contribution >= 0.6 is 0 Å². The number of ether oxygens (including phenoxy) is 3. The van der Waals surface area contributed by atoms with Crippen LogP contribution in [0, 0.1) is 0 Å². The molecule has 1 aliphatic carbocycles. The lowest BCUT2D eigenvalue weighted by Crippen LogP contribution is -2.31. The zero-order valence-corrected chi connectivity index (χ0v) is 17.3. The number of hydrogen-bond donors (Lipinski definition) is 1. The fourth-order valence-corrected chi connectivity index (χ4v) is 4.66. The fourth-order valence-electron chi connectivity index (χ4n) is 3.35. The lowest BCUT2D eigenvalue weighted by Gasteiger charge is -2.20. The lowest BCUT2D eigenvalue weighted by atomic mass is 10.0. The molecule has 0 aliphatic heterocycles. The predicted octanol–water partition coefficient (Wildman–Crippen LogP) is 3.78. The van der Waals surface area contributed by atoms with Crippen LogP contribution in [0.15, 0.2) is 24.3 Å².